The van der Waals surface area contributed by atoms with Gasteiger partial charge in [0.15, 0.2) is 0 Å². The quantitative estimate of drug-likeness (QED) is 0.837. The maximum atomic E-state index is 5.86. The van der Waals surface area contributed by atoms with Gasteiger partial charge in [-0.05, 0) is 32.1 Å². The molecule has 1 aromatic heterocycles. The Morgan fingerprint density at radius 1 is 1.29 bits per heavy atom. The van der Waals surface area contributed by atoms with Gasteiger partial charge in [0.05, 0.1) is 10.7 Å². The first kappa shape index (κ1) is 12.6. The van der Waals surface area contributed by atoms with Crippen molar-refractivity contribution in [1.82, 2.24) is 10.3 Å². The SMILES string of the molecule is CNCCCc1nc(-c2ccc(Cl)cc2)cs1. The van der Waals surface area contributed by atoms with Crippen molar-refractivity contribution in [3.63, 3.8) is 0 Å². The van der Waals surface area contributed by atoms with Crippen LogP contribution in [0.3, 0.4) is 0 Å². The highest BCUT2D eigenvalue weighted by Crippen LogP contribution is 2.23. The largest absolute Gasteiger partial charge is 0.320 e. The predicted molar refractivity (Wildman–Crippen MR) is 74.8 cm³/mol. The molecule has 0 aliphatic heterocycles. The number of nitrogens with zero attached hydrogens (tertiary/aromatic N) is 1. The van der Waals surface area contributed by atoms with Gasteiger partial charge in [0, 0.05) is 22.4 Å². The van der Waals surface area contributed by atoms with E-state index in [0.717, 1.165) is 35.7 Å². The predicted octanol–water partition coefficient (Wildman–Crippen LogP) is 3.62. The van der Waals surface area contributed by atoms with Crippen molar-refractivity contribution in [3.8, 4) is 11.3 Å². The molecule has 0 aliphatic carbocycles. The number of benzene rings is 1. The summed E-state index contributed by atoms with van der Waals surface area (Å²) in [4.78, 5) is 4.63. The molecule has 1 N–H and O–H groups in total. The van der Waals surface area contributed by atoms with E-state index in [-0.39, 0.29) is 0 Å². The zero-order valence-electron chi connectivity index (χ0n) is 9.74. The Morgan fingerprint density at radius 3 is 2.76 bits per heavy atom. The molecule has 0 atom stereocenters. The summed E-state index contributed by atoms with van der Waals surface area (Å²) in [6.07, 6.45) is 2.17. The third-order valence-electron chi connectivity index (χ3n) is 2.51. The standard InChI is InChI=1S/C13H15ClN2S/c1-15-8-2-3-13-16-12(9-17-13)10-4-6-11(14)7-5-10/h4-7,9,15H,2-3,8H2,1H3. The molecule has 0 bridgehead atoms. The van der Waals surface area contributed by atoms with Gasteiger partial charge in [0.2, 0.25) is 0 Å². The minimum atomic E-state index is 0.762. The number of thiazole rings is 1. The molecule has 0 aliphatic rings. The van der Waals surface area contributed by atoms with E-state index in [0.29, 0.717) is 0 Å². The fourth-order valence-electron chi connectivity index (χ4n) is 1.60. The molecule has 0 fully saturated rings. The first-order valence-corrected chi connectivity index (χ1v) is 6.90. The van der Waals surface area contributed by atoms with Crippen LogP contribution >= 0.6 is 22.9 Å². The fraction of sp³-hybridized carbons (Fsp3) is 0.308. The van der Waals surface area contributed by atoms with E-state index in [1.165, 1.54) is 5.01 Å². The second-order valence-electron chi connectivity index (χ2n) is 3.84. The van der Waals surface area contributed by atoms with Crippen LogP contribution in [-0.4, -0.2) is 18.6 Å². The van der Waals surface area contributed by atoms with Gasteiger partial charge in [-0.2, -0.15) is 0 Å². The lowest BCUT2D eigenvalue weighted by Gasteiger charge is -1.97. The smallest absolute Gasteiger partial charge is 0.0933 e. The summed E-state index contributed by atoms with van der Waals surface area (Å²) >= 11 is 7.59. The number of hydrogen-bond acceptors (Lipinski definition) is 3. The molecule has 0 spiro atoms. The van der Waals surface area contributed by atoms with Gasteiger partial charge < -0.3 is 5.32 Å². The Kier molecular flexibility index (Phi) is 4.54. The number of aromatic nitrogens is 1. The summed E-state index contributed by atoms with van der Waals surface area (Å²) in [5, 5.41) is 7.22. The van der Waals surface area contributed by atoms with E-state index in [4.69, 9.17) is 11.6 Å². The number of nitrogens with one attached hydrogen (secondary N) is 1. The molecule has 90 valence electrons. The lowest BCUT2D eigenvalue weighted by atomic mass is 10.2. The van der Waals surface area contributed by atoms with Crippen molar-refractivity contribution in [2.45, 2.75) is 12.8 Å². The van der Waals surface area contributed by atoms with Gasteiger partial charge in [-0.25, -0.2) is 4.98 Å². The Bertz CT molecular complexity index is 465. The third-order valence-corrected chi connectivity index (χ3v) is 3.67. The van der Waals surface area contributed by atoms with Crippen LogP contribution in [0.15, 0.2) is 29.6 Å². The summed E-state index contributed by atoms with van der Waals surface area (Å²) in [6, 6.07) is 7.82. The van der Waals surface area contributed by atoms with Crippen molar-refractivity contribution in [1.29, 1.82) is 0 Å². The van der Waals surface area contributed by atoms with Crippen molar-refractivity contribution >= 4 is 22.9 Å². The van der Waals surface area contributed by atoms with Crippen LogP contribution in [0.1, 0.15) is 11.4 Å². The minimum Gasteiger partial charge on any atom is -0.320 e. The van der Waals surface area contributed by atoms with Crippen LogP contribution in [-0.2, 0) is 6.42 Å². The number of aryl methyl sites for hydroxylation is 1. The molecule has 0 saturated heterocycles. The first-order valence-electron chi connectivity index (χ1n) is 5.64. The Hall–Kier alpha value is -0.900. The van der Waals surface area contributed by atoms with E-state index in [1.54, 1.807) is 11.3 Å². The van der Waals surface area contributed by atoms with Crippen molar-refractivity contribution in [3.05, 3.63) is 39.7 Å². The summed E-state index contributed by atoms with van der Waals surface area (Å²) in [5.41, 5.74) is 2.18. The molecule has 0 radical (unpaired) electrons. The normalized spacial score (nSPS) is 10.7. The average molecular weight is 267 g/mol. The molecule has 1 heterocycles. The van der Waals surface area contributed by atoms with Crippen molar-refractivity contribution < 1.29 is 0 Å². The van der Waals surface area contributed by atoms with Gasteiger partial charge in [0.1, 0.15) is 0 Å². The summed E-state index contributed by atoms with van der Waals surface area (Å²) in [6.45, 7) is 1.04. The summed E-state index contributed by atoms with van der Waals surface area (Å²) in [5.74, 6) is 0. The van der Waals surface area contributed by atoms with Crippen LogP contribution in [0.2, 0.25) is 5.02 Å². The van der Waals surface area contributed by atoms with E-state index < -0.39 is 0 Å². The van der Waals surface area contributed by atoms with E-state index in [2.05, 4.69) is 15.7 Å². The van der Waals surface area contributed by atoms with Gasteiger partial charge >= 0.3 is 0 Å². The number of halogens is 1. The summed E-state index contributed by atoms with van der Waals surface area (Å²) < 4.78 is 0. The van der Waals surface area contributed by atoms with Crippen LogP contribution in [0.5, 0.6) is 0 Å². The number of hydrogen-bond donors (Lipinski definition) is 1. The van der Waals surface area contributed by atoms with Gasteiger partial charge in [-0.15, -0.1) is 11.3 Å². The van der Waals surface area contributed by atoms with Crippen LogP contribution in [0.25, 0.3) is 11.3 Å². The maximum Gasteiger partial charge on any atom is 0.0933 e. The lowest BCUT2D eigenvalue weighted by molar-refractivity contribution is 0.722. The second kappa shape index (κ2) is 6.15. The highest BCUT2D eigenvalue weighted by molar-refractivity contribution is 7.09. The zero-order chi connectivity index (χ0) is 12.1. The third kappa shape index (κ3) is 3.53. The lowest BCUT2D eigenvalue weighted by Crippen LogP contribution is -2.08. The Morgan fingerprint density at radius 2 is 2.06 bits per heavy atom. The fourth-order valence-corrected chi connectivity index (χ4v) is 2.57. The van der Waals surface area contributed by atoms with E-state index in [1.807, 2.05) is 31.3 Å². The molecular weight excluding hydrogens is 252 g/mol. The molecule has 0 amide bonds. The molecule has 0 unspecified atom stereocenters. The van der Waals surface area contributed by atoms with Gasteiger partial charge in [-0.1, -0.05) is 23.7 Å². The van der Waals surface area contributed by atoms with E-state index in [9.17, 15) is 0 Å². The second-order valence-corrected chi connectivity index (χ2v) is 5.22. The molecule has 2 aromatic rings. The van der Waals surface area contributed by atoms with Crippen molar-refractivity contribution in [2.75, 3.05) is 13.6 Å². The Balaban J connectivity index is 2.04. The monoisotopic (exact) mass is 266 g/mol. The Labute approximate surface area is 111 Å². The molecule has 2 rings (SSSR count). The van der Waals surface area contributed by atoms with E-state index >= 15 is 0 Å². The van der Waals surface area contributed by atoms with Crippen molar-refractivity contribution in [2.24, 2.45) is 0 Å². The van der Waals surface area contributed by atoms with Crippen LogP contribution in [0.4, 0.5) is 0 Å². The number of rotatable bonds is 5. The molecule has 2 nitrogen and oxygen atoms in total. The molecule has 0 saturated carbocycles. The minimum absolute atomic E-state index is 0.762. The summed E-state index contributed by atoms with van der Waals surface area (Å²) in [7, 11) is 1.97. The topological polar surface area (TPSA) is 24.9 Å². The van der Waals surface area contributed by atoms with Crippen LogP contribution < -0.4 is 5.32 Å². The first-order chi connectivity index (χ1) is 8.29. The molecule has 4 heteroatoms. The molecule has 17 heavy (non-hydrogen) atoms. The average Bonchev–Trinajstić information content (AvgIpc) is 2.79. The highest BCUT2D eigenvalue weighted by atomic mass is 35.5. The maximum absolute atomic E-state index is 5.86. The van der Waals surface area contributed by atoms with Gasteiger partial charge in [0.25, 0.3) is 0 Å². The highest BCUT2D eigenvalue weighted by Gasteiger charge is 2.04. The van der Waals surface area contributed by atoms with Gasteiger partial charge in [-0.3, -0.25) is 0 Å². The molecule has 1 aromatic carbocycles. The molecular formula is C13H15ClN2S. The van der Waals surface area contributed by atoms with Crippen LogP contribution in [0, 0.1) is 0 Å². The zero-order valence-corrected chi connectivity index (χ0v) is 11.3.